The number of ether oxygens (including phenoxy) is 4. The Morgan fingerprint density at radius 2 is 1.85 bits per heavy atom. The molecule has 0 radical (unpaired) electrons. The molecule has 0 amide bonds. The van der Waals surface area contributed by atoms with E-state index < -0.39 is 14.9 Å². The molecule has 1 aliphatic heterocycles. The fraction of sp³-hybridized carbons (Fsp3) is 0.478. The molecule has 0 bridgehead atoms. The Balaban J connectivity index is 1.69. The van der Waals surface area contributed by atoms with Gasteiger partial charge in [-0.05, 0) is 49.8 Å². The van der Waals surface area contributed by atoms with Crippen molar-refractivity contribution in [3.8, 4) is 11.5 Å². The first-order valence-corrected chi connectivity index (χ1v) is 12.7. The lowest BCUT2D eigenvalue weighted by molar-refractivity contribution is -0.385. The molecule has 2 aromatic carbocycles. The van der Waals surface area contributed by atoms with Crippen molar-refractivity contribution >= 4 is 15.7 Å². The molecular weight excluding hydrogens is 464 g/mol. The summed E-state index contributed by atoms with van der Waals surface area (Å²) in [6.45, 7) is 1.47. The van der Waals surface area contributed by atoms with E-state index in [4.69, 9.17) is 24.1 Å². The zero-order valence-corrected chi connectivity index (χ0v) is 19.9. The van der Waals surface area contributed by atoms with E-state index in [9.17, 15) is 18.5 Å². The third kappa shape index (κ3) is 7.39. The number of benzene rings is 2. The number of unbranched alkanes of at least 4 members (excludes halogenated alkanes) is 1. The summed E-state index contributed by atoms with van der Waals surface area (Å²) in [5, 5.41) is 17.2. The summed E-state index contributed by atoms with van der Waals surface area (Å²) in [4.78, 5) is 10.8. The van der Waals surface area contributed by atoms with E-state index in [-0.39, 0.29) is 41.2 Å². The van der Waals surface area contributed by atoms with Crippen molar-refractivity contribution in [2.24, 2.45) is 5.14 Å². The minimum Gasteiger partial charge on any atom is -0.497 e. The molecule has 3 rings (SSSR count). The first-order chi connectivity index (χ1) is 16.3. The molecule has 0 aliphatic carbocycles. The van der Waals surface area contributed by atoms with Gasteiger partial charge in [0.15, 0.2) is 6.29 Å². The van der Waals surface area contributed by atoms with Crippen LogP contribution in [-0.4, -0.2) is 46.6 Å². The van der Waals surface area contributed by atoms with Crippen LogP contribution in [0.15, 0.2) is 41.3 Å². The third-order valence-corrected chi connectivity index (χ3v) is 6.43. The quantitative estimate of drug-likeness (QED) is 0.268. The Kier molecular flexibility index (Phi) is 9.22. The Labute approximate surface area is 199 Å². The van der Waals surface area contributed by atoms with Gasteiger partial charge in [0.1, 0.15) is 11.5 Å². The van der Waals surface area contributed by atoms with Gasteiger partial charge in [-0.3, -0.25) is 10.1 Å². The number of rotatable bonds is 12. The van der Waals surface area contributed by atoms with E-state index in [1.54, 1.807) is 24.3 Å². The lowest BCUT2D eigenvalue weighted by Crippen LogP contribution is -2.22. The van der Waals surface area contributed by atoms with Gasteiger partial charge in [-0.2, -0.15) is 0 Å². The Morgan fingerprint density at radius 3 is 2.47 bits per heavy atom. The van der Waals surface area contributed by atoms with E-state index in [2.05, 4.69) is 0 Å². The number of methoxy groups -OCH3 is 1. The highest BCUT2D eigenvalue weighted by Gasteiger charge is 2.26. The second-order valence-electron chi connectivity index (χ2n) is 7.97. The van der Waals surface area contributed by atoms with Crippen LogP contribution in [0.3, 0.4) is 0 Å². The van der Waals surface area contributed by atoms with Gasteiger partial charge in [0.05, 0.1) is 35.2 Å². The van der Waals surface area contributed by atoms with Crippen LogP contribution >= 0.6 is 0 Å². The minimum absolute atomic E-state index is 0.00546. The van der Waals surface area contributed by atoms with Crippen molar-refractivity contribution in [3.63, 3.8) is 0 Å². The van der Waals surface area contributed by atoms with Gasteiger partial charge in [0, 0.05) is 25.7 Å². The van der Waals surface area contributed by atoms with Crippen LogP contribution in [-0.2, 0) is 25.9 Å². The number of primary sulfonamides is 1. The van der Waals surface area contributed by atoms with Crippen LogP contribution < -0.4 is 14.6 Å². The third-order valence-electron chi connectivity index (χ3n) is 5.45. The fourth-order valence-electron chi connectivity index (χ4n) is 3.68. The highest BCUT2D eigenvalue weighted by Crippen LogP contribution is 2.33. The van der Waals surface area contributed by atoms with E-state index in [1.165, 1.54) is 19.2 Å². The minimum atomic E-state index is -4.24. The Hall–Kier alpha value is -2.73. The maximum Gasteiger partial charge on any atom is 0.277 e. The van der Waals surface area contributed by atoms with Crippen LogP contribution in [0.5, 0.6) is 11.5 Å². The summed E-state index contributed by atoms with van der Waals surface area (Å²) in [6.07, 6.45) is 4.21. The van der Waals surface area contributed by atoms with Crippen LogP contribution in [0.25, 0.3) is 0 Å². The standard InChI is InChI=1S/C23H30N2O8S/c1-30-18-9-7-17(8-10-18)14-20-21(25(26)27)15-19(16-22(20)34(24,28)29)31-11-4-5-13-33-23-6-2-3-12-32-23/h7-10,15-16,23H,2-6,11-14H2,1H3,(H2,24,28,29). The van der Waals surface area contributed by atoms with Crippen molar-refractivity contribution in [2.75, 3.05) is 26.9 Å². The van der Waals surface area contributed by atoms with Gasteiger partial charge in [0.2, 0.25) is 10.0 Å². The van der Waals surface area contributed by atoms with Crippen molar-refractivity contribution in [2.45, 2.75) is 49.7 Å². The molecule has 10 nitrogen and oxygen atoms in total. The largest absolute Gasteiger partial charge is 0.497 e. The van der Waals surface area contributed by atoms with Crippen LogP contribution in [0.2, 0.25) is 0 Å². The van der Waals surface area contributed by atoms with Crippen molar-refractivity contribution in [1.82, 2.24) is 0 Å². The number of nitrogens with two attached hydrogens (primary N) is 1. The summed E-state index contributed by atoms with van der Waals surface area (Å²) in [7, 11) is -2.72. The fourth-order valence-corrected chi connectivity index (χ4v) is 4.48. The van der Waals surface area contributed by atoms with E-state index in [0.29, 0.717) is 37.4 Å². The zero-order valence-electron chi connectivity index (χ0n) is 19.1. The number of nitro benzene ring substituents is 1. The van der Waals surface area contributed by atoms with E-state index in [0.717, 1.165) is 19.3 Å². The molecule has 1 atom stereocenters. The highest BCUT2D eigenvalue weighted by atomic mass is 32.2. The number of nitro groups is 1. The molecule has 1 fully saturated rings. The monoisotopic (exact) mass is 494 g/mol. The normalized spacial score (nSPS) is 16.2. The summed E-state index contributed by atoms with van der Waals surface area (Å²) < 4.78 is 46.5. The molecule has 0 spiro atoms. The van der Waals surface area contributed by atoms with E-state index >= 15 is 0 Å². The highest BCUT2D eigenvalue weighted by molar-refractivity contribution is 7.89. The van der Waals surface area contributed by atoms with Crippen molar-refractivity contribution < 1.29 is 32.3 Å². The van der Waals surface area contributed by atoms with Gasteiger partial charge >= 0.3 is 0 Å². The van der Waals surface area contributed by atoms with Gasteiger partial charge in [0.25, 0.3) is 5.69 Å². The van der Waals surface area contributed by atoms with Crippen LogP contribution in [0, 0.1) is 10.1 Å². The molecule has 2 aromatic rings. The predicted molar refractivity (Wildman–Crippen MR) is 125 cm³/mol. The van der Waals surface area contributed by atoms with Crippen LogP contribution in [0.4, 0.5) is 5.69 Å². The molecular formula is C23H30N2O8S. The summed E-state index contributed by atoms with van der Waals surface area (Å²) >= 11 is 0. The molecule has 0 saturated carbocycles. The zero-order chi connectivity index (χ0) is 24.6. The molecule has 1 saturated heterocycles. The molecule has 1 unspecified atom stereocenters. The number of nitrogens with zero attached hydrogens (tertiary/aromatic N) is 1. The van der Waals surface area contributed by atoms with E-state index in [1.807, 2.05) is 0 Å². The van der Waals surface area contributed by atoms with Crippen molar-refractivity contribution in [1.29, 1.82) is 0 Å². The second kappa shape index (κ2) is 12.1. The lowest BCUT2D eigenvalue weighted by Gasteiger charge is -2.22. The van der Waals surface area contributed by atoms with Gasteiger partial charge in [-0.1, -0.05) is 12.1 Å². The Bertz CT molecular complexity index is 1070. The Morgan fingerprint density at radius 1 is 1.12 bits per heavy atom. The maximum atomic E-state index is 12.3. The summed E-state index contributed by atoms with van der Waals surface area (Å²) in [5.74, 6) is 0.691. The summed E-state index contributed by atoms with van der Waals surface area (Å²) in [5.41, 5.74) is 0.311. The molecule has 0 aromatic heterocycles. The van der Waals surface area contributed by atoms with Crippen molar-refractivity contribution in [3.05, 3.63) is 57.6 Å². The van der Waals surface area contributed by atoms with Gasteiger partial charge < -0.3 is 18.9 Å². The number of sulfonamides is 1. The molecule has 186 valence electrons. The smallest absolute Gasteiger partial charge is 0.277 e. The topological polar surface area (TPSA) is 140 Å². The molecule has 34 heavy (non-hydrogen) atoms. The number of hydrogen-bond acceptors (Lipinski definition) is 8. The first kappa shape index (κ1) is 25.9. The molecule has 2 N–H and O–H groups in total. The average Bonchev–Trinajstić information content (AvgIpc) is 2.82. The van der Waals surface area contributed by atoms with Gasteiger partial charge in [-0.15, -0.1) is 0 Å². The molecule has 1 aliphatic rings. The second-order valence-corrected chi connectivity index (χ2v) is 9.50. The maximum absolute atomic E-state index is 12.3. The predicted octanol–water partition coefficient (Wildman–Crippen LogP) is 3.54. The molecule has 1 heterocycles. The summed E-state index contributed by atoms with van der Waals surface area (Å²) in [6, 6.07) is 9.28. The first-order valence-electron chi connectivity index (χ1n) is 11.1. The average molecular weight is 495 g/mol. The SMILES string of the molecule is COc1ccc(Cc2c([N+](=O)[O-])cc(OCCCCOC3CCCCO3)cc2S(N)(=O)=O)cc1. The number of hydrogen-bond donors (Lipinski definition) is 1. The molecule has 11 heteroatoms. The lowest BCUT2D eigenvalue weighted by atomic mass is 10.0. The van der Waals surface area contributed by atoms with Gasteiger partial charge in [-0.25, -0.2) is 13.6 Å². The van der Waals surface area contributed by atoms with Crippen LogP contribution in [0.1, 0.15) is 43.2 Å².